The van der Waals surface area contributed by atoms with Crippen LogP contribution in [0.2, 0.25) is 0 Å². The Labute approximate surface area is 79.4 Å². The lowest BCUT2D eigenvalue weighted by molar-refractivity contribution is 0.539. The average Bonchev–Trinajstić information content (AvgIpc) is 2.15. The summed E-state index contributed by atoms with van der Waals surface area (Å²) in [6.45, 7) is 0.454. The standard InChI is InChI=1S/C8H12N2O2S/c9-5-7-2-1-3-8(4-7)10-6-13(11)12/h1-4,10H,5-6,9H2,(H,11,12)/p-1. The summed E-state index contributed by atoms with van der Waals surface area (Å²) >= 11 is -2.07. The van der Waals surface area contributed by atoms with Crippen molar-refractivity contribution in [3.63, 3.8) is 0 Å². The second-order valence-corrected chi connectivity index (χ2v) is 3.43. The molecule has 0 aliphatic carbocycles. The molecule has 0 radical (unpaired) electrons. The summed E-state index contributed by atoms with van der Waals surface area (Å²) in [6.07, 6.45) is 0. The van der Waals surface area contributed by atoms with E-state index in [1.807, 2.05) is 18.2 Å². The number of nitrogens with two attached hydrogens (primary N) is 1. The van der Waals surface area contributed by atoms with Gasteiger partial charge in [-0.25, -0.2) is 0 Å². The molecule has 0 amide bonds. The van der Waals surface area contributed by atoms with E-state index in [-0.39, 0.29) is 5.88 Å². The first-order valence-corrected chi connectivity index (χ1v) is 5.05. The van der Waals surface area contributed by atoms with Gasteiger partial charge in [-0.05, 0) is 28.8 Å². The highest BCUT2D eigenvalue weighted by Gasteiger charge is 1.92. The summed E-state index contributed by atoms with van der Waals surface area (Å²) in [7, 11) is 0. The zero-order chi connectivity index (χ0) is 9.68. The van der Waals surface area contributed by atoms with Crippen LogP contribution in [-0.2, 0) is 17.6 Å². The fourth-order valence-corrected chi connectivity index (χ4v) is 1.24. The van der Waals surface area contributed by atoms with Crippen molar-refractivity contribution in [1.82, 2.24) is 0 Å². The van der Waals surface area contributed by atoms with Crippen molar-refractivity contribution in [3.05, 3.63) is 29.8 Å². The Kier molecular flexibility index (Phi) is 3.88. The van der Waals surface area contributed by atoms with Crippen molar-refractivity contribution < 1.29 is 8.76 Å². The van der Waals surface area contributed by atoms with Crippen LogP contribution in [0.15, 0.2) is 24.3 Å². The second kappa shape index (κ2) is 4.96. The number of benzene rings is 1. The molecule has 5 heteroatoms. The van der Waals surface area contributed by atoms with E-state index in [9.17, 15) is 8.76 Å². The predicted octanol–water partition coefficient (Wildman–Crippen LogP) is 0.394. The number of hydrogen-bond acceptors (Lipinski definition) is 4. The molecular formula is C8H11N2O2S-. The zero-order valence-corrected chi connectivity index (χ0v) is 7.84. The minimum absolute atomic E-state index is 0.0754. The third-order valence-corrected chi connectivity index (χ3v) is 1.94. The molecule has 4 nitrogen and oxygen atoms in total. The normalized spacial score (nSPS) is 12.5. The quantitative estimate of drug-likeness (QED) is 0.688. The van der Waals surface area contributed by atoms with Crippen LogP contribution in [-0.4, -0.2) is 14.6 Å². The molecule has 1 aromatic rings. The van der Waals surface area contributed by atoms with Gasteiger partial charge in [-0.2, -0.15) is 0 Å². The maximum Gasteiger partial charge on any atom is 0.0777 e. The molecule has 0 aromatic heterocycles. The fraction of sp³-hybridized carbons (Fsp3) is 0.250. The minimum atomic E-state index is -2.07. The fourth-order valence-electron chi connectivity index (χ4n) is 0.951. The number of nitrogens with one attached hydrogen (secondary N) is 1. The molecule has 72 valence electrons. The van der Waals surface area contributed by atoms with Crippen LogP contribution in [0, 0.1) is 0 Å². The molecule has 0 spiro atoms. The molecule has 0 aliphatic rings. The van der Waals surface area contributed by atoms with Crippen LogP contribution in [0.5, 0.6) is 0 Å². The topological polar surface area (TPSA) is 78.2 Å². The molecule has 0 saturated heterocycles. The highest BCUT2D eigenvalue weighted by atomic mass is 32.2. The molecule has 0 bridgehead atoms. The van der Waals surface area contributed by atoms with Crippen LogP contribution in [0.25, 0.3) is 0 Å². The van der Waals surface area contributed by atoms with Crippen LogP contribution in [0.3, 0.4) is 0 Å². The number of hydrogen-bond donors (Lipinski definition) is 2. The third-order valence-electron chi connectivity index (χ3n) is 1.56. The van der Waals surface area contributed by atoms with E-state index >= 15 is 0 Å². The SMILES string of the molecule is NCc1cccc(NCS(=O)[O-])c1. The van der Waals surface area contributed by atoms with Crippen LogP contribution < -0.4 is 11.1 Å². The van der Waals surface area contributed by atoms with E-state index in [1.54, 1.807) is 6.07 Å². The Morgan fingerprint density at radius 1 is 1.54 bits per heavy atom. The Morgan fingerprint density at radius 3 is 2.92 bits per heavy atom. The lowest BCUT2D eigenvalue weighted by Gasteiger charge is -2.09. The molecule has 1 rings (SSSR count). The highest BCUT2D eigenvalue weighted by molar-refractivity contribution is 7.79. The van der Waals surface area contributed by atoms with Crippen molar-refractivity contribution in [2.24, 2.45) is 5.73 Å². The monoisotopic (exact) mass is 199 g/mol. The van der Waals surface area contributed by atoms with Gasteiger partial charge in [0.2, 0.25) is 0 Å². The van der Waals surface area contributed by atoms with Gasteiger partial charge in [0.05, 0.1) is 5.88 Å². The predicted molar refractivity (Wildman–Crippen MR) is 51.7 cm³/mol. The van der Waals surface area contributed by atoms with Gasteiger partial charge in [0.25, 0.3) is 0 Å². The largest absolute Gasteiger partial charge is 0.771 e. The Morgan fingerprint density at radius 2 is 2.31 bits per heavy atom. The summed E-state index contributed by atoms with van der Waals surface area (Å²) in [5, 5.41) is 2.75. The van der Waals surface area contributed by atoms with Crippen molar-refractivity contribution in [3.8, 4) is 0 Å². The summed E-state index contributed by atoms with van der Waals surface area (Å²) in [5.74, 6) is -0.0754. The number of anilines is 1. The lowest BCUT2D eigenvalue weighted by Crippen LogP contribution is -2.07. The van der Waals surface area contributed by atoms with E-state index in [4.69, 9.17) is 5.73 Å². The van der Waals surface area contributed by atoms with E-state index in [0.717, 1.165) is 11.3 Å². The molecule has 0 fully saturated rings. The minimum Gasteiger partial charge on any atom is -0.771 e. The maximum atomic E-state index is 10.2. The van der Waals surface area contributed by atoms with Gasteiger partial charge in [-0.3, -0.25) is 4.21 Å². The van der Waals surface area contributed by atoms with E-state index in [0.29, 0.717) is 6.54 Å². The molecule has 13 heavy (non-hydrogen) atoms. The smallest absolute Gasteiger partial charge is 0.0777 e. The van der Waals surface area contributed by atoms with Gasteiger partial charge < -0.3 is 15.6 Å². The van der Waals surface area contributed by atoms with Crippen LogP contribution in [0.4, 0.5) is 5.69 Å². The Bertz CT molecular complexity index is 304. The van der Waals surface area contributed by atoms with Gasteiger partial charge in [0, 0.05) is 12.2 Å². The Balaban J connectivity index is 2.61. The molecule has 0 aliphatic heterocycles. The van der Waals surface area contributed by atoms with E-state index in [1.165, 1.54) is 0 Å². The first kappa shape index (κ1) is 10.2. The first-order valence-electron chi connectivity index (χ1n) is 3.81. The second-order valence-electron chi connectivity index (χ2n) is 2.53. The Hall–Kier alpha value is -0.910. The zero-order valence-electron chi connectivity index (χ0n) is 7.03. The third kappa shape index (κ3) is 3.54. The van der Waals surface area contributed by atoms with Crippen molar-refractivity contribution >= 4 is 16.8 Å². The van der Waals surface area contributed by atoms with Gasteiger partial charge in [0.15, 0.2) is 0 Å². The molecule has 3 N–H and O–H groups in total. The average molecular weight is 199 g/mol. The van der Waals surface area contributed by atoms with Gasteiger partial charge in [0.1, 0.15) is 0 Å². The summed E-state index contributed by atoms with van der Waals surface area (Å²) in [4.78, 5) is 0. The molecule has 1 atom stereocenters. The van der Waals surface area contributed by atoms with Crippen molar-refractivity contribution in [2.75, 3.05) is 11.2 Å². The molecule has 0 saturated carbocycles. The highest BCUT2D eigenvalue weighted by Crippen LogP contribution is 2.09. The van der Waals surface area contributed by atoms with Crippen molar-refractivity contribution in [1.29, 1.82) is 0 Å². The van der Waals surface area contributed by atoms with Gasteiger partial charge in [-0.15, -0.1) is 0 Å². The summed E-state index contributed by atoms with van der Waals surface area (Å²) in [6, 6.07) is 7.34. The first-order chi connectivity index (χ1) is 6.22. The molecular weight excluding hydrogens is 188 g/mol. The van der Waals surface area contributed by atoms with Gasteiger partial charge >= 0.3 is 0 Å². The molecule has 1 unspecified atom stereocenters. The van der Waals surface area contributed by atoms with Crippen molar-refractivity contribution in [2.45, 2.75) is 6.54 Å². The number of rotatable bonds is 4. The van der Waals surface area contributed by atoms with E-state index in [2.05, 4.69) is 5.32 Å². The summed E-state index contributed by atoms with van der Waals surface area (Å²) < 4.78 is 20.5. The lowest BCUT2D eigenvalue weighted by atomic mass is 10.2. The van der Waals surface area contributed by atoms with Crippen LogP contribution in [0.1, 0.15) is 5.56 Å². The maximum absolute atomic E-state index is 10.2. The van der Waals surface area contributed by atoms with Crippen LogP contribution >= 0.6 is 0 Å². The van der Waals surface area contributed by atoms with E-state index < -0.39 is 11.1 Å². The molecule has 0 heterocycles. The summed E-state index contributed by atoms with van der Waals surface area (Å²) in [5.41, 5.74) is 7.17. The van der Waals surface area contributed by atoms with Gasteiger partial charge in [-0.1, -0.05) is 12.1 Å². The molecule has 1 aromatic carbocycles.